The van der Waals surface area contributed by atoms with Gasteiger partial charge in [0.1, 0.15) is 6.04 Å². The fourth-order valence-corrected chi connectivity index (χ4v) is 2.29. The number of nitrogen functional groups attached to an aromatic ring is 1. The van der Waals surface area contributed by atoms with E-state index in [4.69, 9.17) is 22.1 Å². The highest BCUT2D eigenvalue weighted by atomic mass is 35.5. The molecule has 0 aliphatic carbocycles. The highest BCUT2D eigenvalue weighted by Gasteiger charge is 2.31. The summed E-state index contributed by atoms with van der Waals surface area (Å²) < 4.78 is 5.40. The van der Waals surface area contributed by atoms with Crippen molar-refractivity contribution in [3.63, 3.8) is 0 Å². The Morgan fingerprint density at radius 3 is 3.20 bits per heavy atom. The number of carbonyl (C=O) groups excluding carboxylic acids is 1. The number of nitrogens with zero attached hydrogens (tertiary/aromatic N) is 2. The molecule has 1 amide bonds. The van der Waals surface area contributed by atoms with Crippen molar-refractivity contribution in [3.8, 4) is 0 Å². The summed E-state index contributed by atoms with van der Waals surface area (Å²) in [6.45, 7) is 4.10. The SMILES string of the molecule is CCCNC(=O)C1COCCN1c1ncc(Cl)cc1N. The fraction of sp³-hybridized carbons (Fsp3) is 0.538. The second-order valence-corrected chi connectivity index (χ2v) is 5.08. The van der Waals surface area contributed by atoms with E-state index in [1.165, 1.54) is 6.20 Å². The Labute approximate surface area is 123 Å². The van der Waals surface area contributed by atoms with E-state index in [9.17, 15) is 4.79 Å². The lowest BCUT2D eigenvalue weighted by Gasteiger charge is -2.35. The maximum absolute atomic E-state index is 12.2. The van der Waals surface area contributed by atoms with Crippen LogP contribution >= 0.6 is 11.6 Å². The molecule has 7 heteroatoms. The molecule has 1 aliphatic rings. The van der Waals surface area contributed by atoms with Crippen LogP contribution in [0.4, 0.5) is 11.5 Å². The molecule has 110 valence electrons. The lowest BCUT2D eigenvalue weighted by atomic mass is 10.2. The second-order valence-electron chi connectivity index (χ2n) is 4.64. The second kappa shape index (κ2) is 6.76. The minimum Gasteiger partial charge on any atom is -0.396 e. The summed E-state index contributed by atoms with van der Waals surface area (Å²) in [5.41, 5.74) is 6.42. The minimum atomic E-state index is -0.411. The van der Waals surface area contributed by atoms with Crippen LogP contribution in [0.5, 0.6) is 0 Å². The van der Waals surface area contributed by atoms with Gasteiger partial charge < -0.3 is 20.7 Å². The molecule has 1 aliphatic heterocycles. The predicted octanol–water partition coefficient (Wildman–Crippen LogP) is 1.05. The molecule has 20 heavy (non-hydrogen) atoms. The molecule has 0 spiro atoms. The zero-order chi connectivity index (χ0) is 14.5. The van der Waals surface area contributed by atoms with Crippen LogP contribution in [-0.4, -0.2) is 43.2 Å². The van der Waals surface area contributed by atoms with Crippen LogP contribution in [0, 0.1) is 0 Å². The number of halogens is 1. The first kappa shape index (κ1) is 14.9. The molecule has 0 radical (unpaired) electrons. The molecule has 1 atom stereocenters. The van der Waals surface area contributed by atoms with Crippen LogP contribution in [0.25, 0.3) is 0 Å². The number of hydrogen-bond acceptors (Lipinski definition) is 5. The molecule has 3 N–H and O–H groups in total. The number of amides is 1. The van der Waals surface area contributed by atoms with E-state index >= 15 is 0 Å². The Bertz CT molecular complexity index is 483. The maximum Gasteiger partial charge on any atom is 0.245 e. The van der Waals surface area contributed by atoms with Gasteiger partial charge in [-0.2, -0.15) is 0 Å². The van der Waals surface area contributed by atoms with Crippen molar-refractivity contribution in [2.24, 2.45) is 0 Å². The first-order valence-corrected chi connectivity index (χ1v) is 7.04. The van der Waals surface area contributed by atoms with Crippen molar-refractivity contribution in [1.29, 1.82) is 0 Å². The van der Waals surface area contributed by atoms with Crippen molar-refractivity contribution in [2.75, 3.05) is 36.9 Å². The predicted molar refractivity (Wildman–Crippen MR) is 78.9 cm³/mol. The van der Waals surface area contributed by atoms with Crippen molar-refractivity contribution >= 4 is 29.0 Å². The summed E-state index contributed by atoms with van der Waals surface area (Å²) in [6.07, 6.45) is 2.42. The normalized spacial score (nSPS) is 18.9. The molecule has 6 nitrogen and oxygen atoms in total. The molecule has 1 fully saturated rings. The Kier molecular flexibility index (Phi) is 5.03. The van der Waals surface area contributed by atoms with Gasteiger partial charge in [-0.05, 0) is 12.5 Å². The average molecular weight is 299 g/mol. The zero-order valence-corrected chi connectivity index (χ0v) is 12.2. The van der Waals surface area contributed by atoms with Crippen LogP contribution < -0.4 is 16.0 Å². The van der Waals surface area contributed by atoms with E-state index in [-0.39, 0.29) is 5.91 Å². The molecule has 0 saturated carbocycles. The Hall–Kier alpha value is -1.53. The lowest BCUT2D eigenvalue weighted by molar-refractivity contribution is -0.124. The van der Waals surface area contributed by atoms with Crippen LogP contribution in [-0.2, 0) is 9.53 Å². The number of morpholine rings is 1. The van der Waals surface area contributed by atoms with E-state index in [1.807, 2.05) is 11.8 Å². The van der Waals surface area contributed by atoms with E-state index in [0.29, 0.717) is 42.8 Å². The van der Waals surface area contributed by atoms with Gasteiger partial charge in [0.25, 0.3) is 0 Å². The molecule has 0 aromatic carbocycles. The number of hydrogen-bond donors (Lipinski definition) is 2. The van der Waals surface area contributed by atoms with Gasteiger partial charge in [0, 0.05) is 19.3 Å². The summed E-state index contributed by atoms with van der Waals surface area (Å²) in [7, 11) is 0. The van der Waals surface area contributed by atoms with Gasteiger partial charge in [-0.1, -0.05) is 18.5 Å². The third-order valence-electron chi connectivity index (χ3n) is 3.11. The number of nitrogens with one attached hydrogen (secondary N) is 1. The molecule has 1 aromatic rings. The third kappa shape index (κ3) is 3.32. The average Bonchev–Trinajstić information content (AvgIpc) is 2.45. The molecule has 2 heterocycles. The zero-order valence-electron chi connectivity index (χ0n) is 11.4. The number of rotatable bonds is 4. The Morgan fingerprint density at radius 2 is 2.50 bits per heavy atom. The van der Waals surface area contributed by atoms with Crippen LogP contribution in [0.2, 0.25) is 5.02 Å². The van der Waals surface area contributed by atoms with E-state index in [2.05, 4.69) is 10.3 Å². The summed E-state index contributed by atoms with van der Waals surface area (Å²) in [4.78, 5) is 18.3. The largest absolute Gasteiger partial charge is 0.396 e. The maximum atomic E-state index is 12.2. The number of aromatic nitrogens is 1. The van der Waals surface area contributed by atoms with Crippen molar-refractivity contribution in [1.82, 2.24) is 10.3 Å². The van der Waals surface area contributed by atoms with Crippen LogP contribution in [0.15, 0.2) is 12.3 Å². The van der Waals surface area contributed by atoms with Crippen molar-refractivity contribution in [2.45, 2.75) is 19.4 Å². The van der Waals surface area contributed by atoms with Gasteiger partial charge in [0.15, 0.2) is 5.82 Å². The Morgan fingerprint density at radius 1 is 1.70 bits per heavy atom. The monoisotopic (exact) mass is 298 g/mol. The quantitative estimate of drug-likeness (QED) is 0.868. The van der Waals surface area contributed by atoms with Crippen LogP contribution in [0.3, 0.4) is 0 Å². The van der Waals surface area contributed by atoms with Gasteiger partial charge in [0.2, 0.25) is 5.91 Å². The van der Waals surface area contributed by atoms with Gasteiger partial charge in [0.05, 0.1) is 23.9 Å². The number of ether oxygens (including phenoxy) is 1. The molecule has 1 aromatic heterocycles. The third-order valence-corrected chi connectivity index (χ3v) is 3.32. The van der Waals surface area contributed by atoms with Gasteiger partial charge in [-0.25, -0.2) is 4.98 Å². The highest BCUT2D eigenvalue weighted by molar-refractivity contribution is 6.30. The fourth-order valence-electron chi connectivity index (χ4n) is 2.13. The number of anilines is 2. The number of pyridine rings is 1. The van der Waals surface area contributed by atoms with E-state index in [1.54, 1.807) is 6.07 Å². The van der Waals surface area contributed by atoms with E-state index in [0.717, 1.165) is 6.42 Å². The smallest absolute Gasteiger partial charge is 0.245 e. The topological polar surface area (TPSA) is 80.5 Å². The summed E-state index contributed by atoms with van der Waals surface area (Å²) in [5, 5.41) is 3.36. The lowest BCUT2D eigenvalue weighted by Crippen LogP contribution is -2.54. The first-order chi connectivity index (χ1) is 9.63. The first-order valence-electron chi connectivity index (χ1n) is 6.66. The summed E-state index contributed by atoms with van der Waals surface area (Å²) in [5.74, 6) is 0.511. The van der Waals surface area contributed by atoms with Crippen LogP contribution in [0.1, 0.15) is 13.3 Å². The number of carbonyl (C=O) groups is 1. The molecular formula is C13H19ClN4O2. The molecule has 2 rings (SSSR count). The molecule has 0 bridgehead atoms. The van der Waals surface area contributed by atoms with E-state index < -0.39 is 6.04 Å². The number of nitrogens with two attached hydrogens (primary N) is 1. The van der Waals surface area contributed by atoms with Gasteiger partial charge in [-0.15, -0.1) is 0 Å². The van der Waals surface area contributed by atoms with Gasteiger partial charge >= 0.3 is 0 Å². The molecule has 1 unspecified atom stereocenters. The minimum absolute atomic E-state index is 0.0669. The molecular weight excluding hydrogens is 280 g/mol. The Balaban J connectivity index is 2.19. The standard InChI is InChI=1S/C13H19ClN4O2/c1-2-3-16-13(19)11-8-20-5-4-18(11)12-10(15)6-9(14)7-17-12/h6-7,11H,2-5,8,15H2,1H3,(H,16,19). The molecule has 1 saturated heterocycles. The van der Waals surface area contributed by atoms with Crippen molar-refractivity contribution < 1.29 is 9.53 Å². The highest BCUT2D eigenvalue weighted by Crippen LogP contribution is 2.26. The summed E-state index contributed by atoms with van der Waals surface area (Å²) >= 11 is 5.86. The summed E-state index contributed by atoms with van der Waals surface area (Å²) in [6, 6.07) is 1.23. The van der Waals surface area contributed by atoms with Gasteiger partial charge in [-0.3, -0.25) is 4.79 Å². The van der Waals surface area contributed by atoms with Crippen molar-refractivity contribution in [3.05, 3.63) is 17.3 Å².